The van der Waals surface area contributed by atoms with Crippen molar-refractivity contribution in [2.45, 2.75) is 32.8 Å². The molecule has 1 atom stereocenters. The van der Waals surface area contributed by atoms with Crippen LogP contribution in [0.25, 0.3) is 0 Å². The molecule has 1 aromatic rings. The maximum atomic E-state index is 12.4. The average Bonchev–Trinajstić information content (AvgIpc) is 2.46. The Morgan fingerprint density at radius 1 is 1.43 bits per heavy atom. The number of rotatable bonds is 3. The Bertz CT molecular complexity index is 549. The molecule has 114 valence electrons. The minimum absolute atomic E-state index is 0.0272. The van der Waals surface area contributed by atoms with E-state index in [0.29, 0.717) is 24.2 Å². The van der Waals surface area contributed by atoms with E-state index in [-0.39, 0.29) is 23.6 Å². The Kier molecular flexibility index (Phi) is 4.57. The van der Waals surface area contributed by atoms with E-state index >= 15 is 0 Å². The van der Waals surface area contributed by atoms with Crippen molar-refractivity contribution < 1.29 is 14.8 Å². The number of aryl methyl sites for hydroxylation is 1. The average molecular weight is 292 g/mol. The number of nitrogens with zero attached hydrogens (tertiary/aromatic N) is 2. The molecule has 6 nitrogen and oxygen atoms in total. The van der Waals surface area contributed by atoms with Crippen molar-refractivity contribution in [1.29, 1.82) is 0 Å². The highest BCUT2D eigenvalue weighted by molar-refractivity contribution is 5.94. The Morgan fingerprint density at radius 2 is 2.05 bits per heavy atom. The number of piperidine rings is 1. The van der Waals surface area contributed by atoms with Gasteiger partial charge in [0.25, 0.3) is 11.6 Å². The number of nitro groups is 1. The third-order valence-electron chi connectivity index (χ3n) is 4.15. The molecule has 0 bridgehead atoms. The molecule has 1 unspecified atom stereocenters. The second-order valence-corrected chi connectivity index (χ2v) is 5.63. The molecule has 6 heteroatoms. The fourth-order valence-electron chi connectivity index (χ4n) is 2.76. The van der Waals surface area contributed by atoms with Crippen LogP contribution in [0, 0.1) is 23.0 Å². The third kappa shape index (κ3) is 3.39. The summed E-state index contributed by atoms with van der Waals surface area (Å²) in [6.07, 6.45) is 1.23. The first kappa shape index (κ1) is 15.4. The quantitative estimate of drug-likeness (QED) is 0.683. The fourth-order valence-corrected chi connectivity index (χ4v) is 2.76. The van der Waals surface area contributed by atoms with Crippen LogP contribution >= 0.6 is 0 Å². The zero-order chi connectivity index (χ0) is 15.6. The molecule has 1 fully saturated rings. The number of carbonyl (C=O) groups is 1. The van der Waals surface area contributed by atoms with Crippen LogP contribution in [0.15, 0.2) is 18.2 Å². The number of nitro benzene ring substituents is 1. The van der Waals surface area contributed by atoms with Gasteiger partial charge in [-0.05, 0) is 44.7 Å². The van der Waals surface area contributed by atoms with Gasteiger partial charge in [-0.1, -0.05) is 0 Å². The Labute approximate surface area is 123 Å². The van der Waals surface area contributed by atoms with Crippen LogP contribution in [-0.2, 0) is 0 Å². The monoisotopic (exact) mass is 292 g/mol. The van der Waals surface area contributed by atoms with Crippen LogP contribution in [0.5, 0.6) is 0 Å². The lowest BCUT2D eigenvalue weighted by atomic mass is 9.92. The summed E-state index contributed by atoms with van der Waals surface area (Å²) in [5, 5.41) is 20.4. The zero-order valence-electron chi connectivity index (χ0n) is 12.3. The van der Waals surface area contributed by atoms with Crippen LogP contribution in [0.2, 0.25) is 0 Å². The second kappa shape index (κ2) is 6.22. The number of amides is 1. The molecular formula is C15H20N2O4. The summed E-state index contributed by atoms with van der Waals surface area (Å²) in [6, 6.07) is 4.46. The van der Waals surface area contributed by atoms with Crippen molar-refractivity contribution in [3.8, 4) is 0 Å². The Balaban J connectivity index is 2.08. The highest BCUT2D eigenvalue weighted by Gasteiger charge is 2.26. The molecule has 1 aliphatic rings. The largest absolute Gasteiger partial charge is 0.393 e. The lowest BCUT2D eigenvalue weighted by Crippen LogP contribution is -2.40. The Morgan fingerprint density at radius 3 is 2.52 bits per heavy atom. The van der Waals surface area contributed by atoms with Crippen molar-refractivity contribution in [3.05, 3.63) is 39.4 Å². The van der Waals surface area contributed by atoms with E-state index in [1.165, 1.54) is 12.1 Å². The van der Waals surface area contributed by atoms with Crippen molar-refractivity contribution in [2.75, 3.05) is 13.1 Å². The summed E-state index contributed by atoms with van der Waals surface area (Å²) >= 11 is 0. The first-order valence-electron chi connectivity index (χ1n) is 7.12. The second-order valence-electron chi connectivity index (χ2n) is 5.63. The normalized spacial score (nSPS) is 17.6. The predicted octanol–water partition coefficient (Wildman–Crippen LogP) is 2.14. The SMILES string of the molecule is Cc1cc(C(=O)N2CCC(C(C)O)CC2)ccc1[N+](=O)[O-]. The topological polar surface area (TPSA) is 83.7 Å². The molecule has 0 aliphatic carbocycles. The van der Waals surface area contributed by atoms with Gasteiger partial charge >= 0.3 is 0 Å². The van der Waals surface area contributed by atoms with E-state index in [1.807, 2.05) is 0 Å². The zero-order valence-corrected chi connectivity index (χ0v) is 12.3. The number of carbonyl (C=O) groups excluding carboxylic acids is 1. The summed E-state index contributed by atoms with van der Waals surface area (Å²) in [6.45, 7) is 4.64. The molecule has 2 rings (SSSR count). The molecule has 0 radical (unpaired) electrons. The highest BCUT2D eigenvalue weighted by Crippen LogP contribution is 2.24. The first-order chi connectivity index (χ1) is 9.90. The molecule has 1 heterocycles. The lowest BCUT2D eigenvalue weighted by Gasteiger charge is -2.33. The van der Waals surface area contributed by atoms with E-state index < -0.39 is 4.92 Å². The van der Waals surface area contributed by atoms with Crippen LogP contribution in [0.3, 0.4) is 0 Å². The van der Waals surface area contributed by atoms with E-state index in [1.54, 1.807) is 24.8 Å². The van der Waals surface area contributed by atoms with Gasteiger partial charge in [-0.3, -0.25) is 14.9 Å². The summed E-state index contributed by atoms with van der Waals surface area (Å²) in [5.74, 6) is 0.143. The summed E-state index contributed by atoms with van der Waals surface area (Å²) in [7, 11) is 0. The number of aliphatic hydroxyl groups excluding tert-OH is 1. The van der Waals surface area contributed by atoms with Gasteiger partial charge in [-0.2, -0.15) is 0 Å². The van der Waals surface area contributed by atoms with Crippen molar-refractivity contribution in [1.82, 2.24) is 4.90 Å². The van der Waals surface area contributed by atoms with E-state index in [4.69, 9.17) is 0 Å². The molecule has 1 aliphatic heterocycles. The van der Waals surface area contributed by atoms with Gasteiger partial charge < -0.3 is 10.0 Å². The fraction of sp³-hybridized carbons (Fsp3) is 0.533. The Hall–Kier alpha value is -1.95. The van der Waals surface area contributed by atoms with Gasteiger partial charge in [0.1, 0.15) is 0 Å². The molecule has 21 heavy (non-hydrogen) atoms. The van der Waals surface area contributed by atoms with Crippen molar-refractivity contribution in [2.24, 2.45) is 5.92 Å². The van der Waals surface area contributed by atoms with Gasteiger partial charge in [-0.25, -0.2) is 0 Å². The van der Waals surface area contributed by atoms with E-state index in [9.17, 15) is 20.0 Å². The standard InChI is InChI=1S/C15H20N2O4/c1-10-9-13(3-4-14(10)17(20)21)15(19)16-7-5-12(6-8-16)11(2)18/h3-4,9,11-12,18H,5-8H2,1-2H3. The van der Waals surface area contributed by atoms with Crippen LogP contribution in [0.4, 0.5) is 5.69 Å². The van der Waals surface area contributed by atoms with E-state index in [2.05, 4.69) is 0 Å². The summed E-state index contributed by atoms with van der Waals surface area (Å²) in [4.78, 5) is 24.5. The smallest absolute Gasteiger partial charge is 0.272 e. The molecule has 1 aromatic carbocycles. The maximum absolute atomic E-state index is 12.4. The van der Waals surface area contributed by atoms with Gasteiger partial charge in [-0.15, -0.1) is 0 Å². The molecule has 1 amide bonds. The molecule has 1 N–H and O–H groups in total. The van der Waals surface area contributed by atoms with Crippen LogP contribution < -0.4 is 0 Å². The predicted molar refractivity (Wildman–Crippen MR) is 78.1 cm³/mol. The summed E-state index contributed by atoms with van der Waals surface area (Å²) in [5.41, 5.74) is 0.998. The van der Waals surface area contributed by atoms with Gasteiger partial charge in [0.05, 0.1) is 11.0 Å². The lowest BCUT2D eigenvalue weighted by molar-refractivity contribution is -0.385. The van der Waals surface area contributed by atoms with Crippen molar-refractivity contribution >= 4 is 11.6 Å². The number of hydrogen-bond donors (Lipinski definition) is 1. The number of likely N-dealkylation sites (tertiary alicyclic amines) is 1. The first-order valence-corrected chi connectivity index (χ1v) is 7.12. The number of aliphatic hydroxyl groups is 1. The van der Waals surface area contributed by atoms with Gasteiger partial charge in [0.2, 0.25) is 0 Å². The summed E-state index contributed by atoms with van der Waals surface area (Å²) < 4.78 is 0. The highest BCUT2D eigenvalue weighted by atomic mass is 16.6. The number of hydrogen-bond acceptors (Lipinski definition) is 4. The van der Waals surface area contributed by atoms with Gasteiger partial charge in [0.15, 0.2) is 0 Å². The third-order valence-corrected chi connectivity index (χ3v) is 4.15. The molecule has 1 saturated heterocycles. The minimum atomic E-state index is -0.447. The molecule has 0 saturated carbocycles. The van der Waals surface area contributed by atoms with Crippen molar-refractivity contribution in [3.63, 3.8) is 0 Å². The molecular weight excluding hydrogens is 272 g/mol. The number of benzene rings is 1. The van der Waals surface area contributed by atoms with Crippen LogP contribution in [0.1, 0.15) is 35.7 Å². The molecule has 0 spiro atoms. The maximum Gasteiger partial charge on any atom is 0.272 e. The minimum Gasteiger partial charge on any atom is -0.393 e. The molecule has 0 aromatic heterocycles. The van der Waals surface area contributed by atoms with E-state index in [0.717, 1.165) is 12.8 Å². The van der Waals surface area contributed by atoms with Gasteiger partial charge in [0, 0.05) is 30.3 Å². The van der Waals surface area contributed by atoms with Crippen LogP contribution in [-0.4, -0.2) is 40.0 Å².